The summed E-state index contributed by atoms with van der Waals surface area (Å²) in [4.78, 5) is 12.5. The van der Waals surface area contributed by atoms with Crippen molar-refractivity contribution in [2.75, 3.05) is 13.2 Å². The molecule has 0 aliphatic carbocycles. The lowest BCUT2D eigenvalue weighted by Crippen LogP contribution is -2.60. The first-order chi connectivity index (χ1) is 19.3. The summed E-state index contributed by atoms with van der Waals surface area (Å²) < 4.78 is 11.0. The van der Waals surface area contributed by atoms with Crippen LogP contribution in [0.15, 0.2) is 36.5 Å². The summed E-state index contributed by atoms with van der Waals surface area (Å²) in [7, 11) is 0. The molecule has 1 saturated heterocycles. The Balaban J connectivity index is 2.57. The van der Waals surface area contributed by atoms with E-state index in [2.05, 4.69) is 43.5 Å². The van der Waals surface area contributed by atoms with Crippen molar-refractivity contribution < 1.29 is 39.8 Å². The maximum absolute atomic E-state index is 12.5. The fourth-order valence-electron chi connectivity index (χ4n) is 4.36. The molecule has 1 fully saturated rings. The molecule has 0 saturated carbocycles. The first kappa shape index (κ1) is 36.4. The molecular formula is C31H55NO8. The van der Waals surface area contributed by atoms with Crippen LogP contribution in [0.25, 0.3) is 0 Å². The molecule has 9 heteroatoms. The van der Waals surface area contributed by atoms with Crippen molar-refractivity contribution in [1.29, 1.82) is 0 Å². The third-order valence-electron chi connectivity index (χ3n) is 6.95. The van der Waals surface area contributed by atoms with E-state index in [0.717, 1.165) is 57.8 Å². The van der Waals surface area contributed by atoms with Crippen LogP contribution in [0.2, 0.25) is 0 Å². The van der Waals surface area contributed by atoms with Gasteiger partial charge >= 0.3 is 0 Å². The second-order valence-electron chi connectivity index (χ2n) is 10.5. The van der Waals surface area contributed by atoms with E-state index in [-0.39, 0.29) is 12.5 Å². The molecular weight excluding hydrogens is 514 g/mol. The molecule has 9 nitrogen and oxygen atoms in total. The van der Waals surface area contributed by atoms with Gasteiger partial charge in [-0.15, -0.1) is 0 Å². The molecule has 7 unspecified atom stereocenters. The number of ether oxygens (including phenoxy) is 2. The van der Waals surface area contributed by atoms with Crippen LogP contribution < -0.4 is 5.32 Å². The van der Waals surface area contributed by atoms with Gasteiger partial charge in [0.05, 0.1) is 25.4 Å². The number of hydrogen-bond acceptors (Lipinski definition) is 8. The van der Waals surface area contributed by atoms with Crippen LogP contribution >= 0.6 is 0 Å². The Hall–Kier alpha value is -1.59. The maximum atomic E-state index is 12.5. The number of amides is 1. The van der Waals surface area contributed by atoms with E-state index in [1.54, 1.807) is 6.08 Å². The van der Waals surface area contributed by atoms with Crippen molar-refractivity contribution in [2.45, 2.75) is 140 Å². The van der Waals surface area contributed by atoms with E-state index < -0.39 is 49.5 Å². The average Bonchev–Trinajstić information content (AvgIpc) is 2.95. The molecule has 1 heterocycles. The summed E-state index contributed by atoms with van der Waals surface area (Å²) in [5.74, 6) is -0.215. The summed E-state index contributed by atoms with van der Waals surface area (Å²) in [6.07, 6.45) is 16.8. The molecule has 40 heavy (non-hydrogen) atoms. The Morgan fingerprint density at radius 2 is 1.43 bits per heavy atom. The number of carbonyl (C=O) groups is 1. The van der Waals surface area contributed by atoms with Gasteiger partial charge in [0.25, 0.3) is 0 Å². The van der Waals surface area contributed by atoms with Crippen molar-refractivity contribution in [2.24, 2.45) is 0 Å². The highest BCUT2D eigenvalue weighted by Gasteiger charge is 2.44. The van der Waals surface area contributed by atoms with Gasteiger partial charge in [-0.1, -0.05) is 82.4 Å². The van der Waals surface area contributed by atoms with Gasteiger partial charge in [-0.2, -0.15) is 0 Å². The van der Waals surface area contributed by atoms with E-state index in [1.165, 1.54) is 19.3 Å². The molecule has 232 valence electrons. The zero-order valence-electron chi connectivity index (χ0n) is 24.6. The third-order valence-corrected chi connectivity index (χ3v) is 6.95. The molecule has 1 aliphatic heterocycles. The Morgan fingerprint density at radius 3 is 2.05 bits per heavy atom. The topological polar surface area (TPSA) is 149 Å². The van der Waals surface area contributed by atoms with Crippen LogP contribution in [0.4, 0.5) is 0 Å². The van der Waals surface area contributed by atoms with Crippen LogP contribution in [-0.4, -0.2) is 87.5 Å². The Kier molecular flexibility index (Phi) is 21.0. The second kappa shape index (κ2) is 23.0. The van der Waals surface area contributed by atoms with E-state index in [0.29, 0.717) is 6.42 Å². The van der Waals surface area contributed by atoms with Gasteiger partial charge < -0.3 is 40.3 Å². The number of carbonyl (C=O) groups excluding carboxylic acids is 1. The number of unbranched alkanes of at least 4 members (excludes halogenated alkanes) is 8. The minimum absolute atomic E-state index is 0.208. The first-order valence-electron chi connectivity index (χ1n) is 15.2. The molecule has 0 radical (unpaired) electrons. The average molecular weight is 570 g/mol. The van der Waals surface area contributed by atoms with E-state index >= 15 is 0 Å². The minimum Gasteiger partial charge on any atom is -0.394 e. The van der Waals surface area contributed by atoms with Crippen LogP contribution in [0, 0.1) is 0 Å². The van der Waals surface area contributed by atoms with Crippen LogP contribution in [-0.2, 0) is 14.3 Å². The number of aliphatic hydroxyl groups is 5. The molecule has 1 amide bonds. The standard InChI is InChI=1S/C31H55NO8/c1-3-5-7-9-10-11-12-13-14-15-16-17-18-20-25(34)24(32-27(35)21-19-8-6-4-2)23-39-31-30(38)29(37)28(36)26(22-33)40-31/h10-11,14-15,18,20,24-26,28-31,33-34,36-38H,3-9,12-13,16-17,19,21-23H2,1-2H3,(H,32,35)/b11-10+,15-14+,20-18+. The highest BCUT2D eigenvalue weighted by atomic mass is 16.7. The van der Waals surface area contributed by atoms with Crippen molar-refractivity contribution in [3.05, 3.63) is 36.5 Å². The molecule has 1 aliphatic rings. The highest BCUT2D eigenvalue weighted by molar-refractivity contribution is 5.76. The van der Waals surface area contributed by atoms with Crippen LogP contribution in [0.1, 0.15) is 97.3 Å². The van der Waals surface area contributed by atoms with Gasteiger partial charge in [-0.25, -0.2) is 0 Å². The molecule has 0 aromatic heterocycles. The quantitative estimate of drug-likeness (QED) is 0.0858. The van der Waals surface area contributed by atoms with Crippen LogP contribution in [0.5, 0.6) is 0 Å². The Labute approximate surface area is 241 Å². The summed E-state index contributed by atoms with van der Waals surface area (Å²) >= 11 is 0. The van der Waals surface area contributed by atoms with E-state index in [4.69, 9.17) is 9.47 Å². The lowest BCUT2D eigenvalue weighted by Gasteiger charge is -2.40. The van der Waals surface area contributed by atoms with Crippen molar-refractivity contribution in [3.8, 4) is 0 Å². The SMILES string of the molecule is CCCCC/C=C/CC/C=C/CC/C=C/C(O)C(COC1OC(CO)C(O)C(O)C1O)NC(=O)CCCCCC. The zero-order chi connectivity index (χ0) is 29.6. The number of hydrogen-bond donors (Lipinski definition) is 6. The number of aliphatic hydroxyl groups excluding tert-OH is 5. The number of nitrogens with one attached hydrogen (secondary N) is 1. The zero-order valence-corrected chi connectivity index (χ0v) is 24.6. The molecule has 6 N–H and O–H groups in total. The van der Waals surface area contributed by atoms with Crippen molar-refractivity contribution in [3.63, 3.8) is 0 Å². The first-order valence-corrected chi connectivity index (χ1v) is 15.2. The van der Waals surface area contributed by atoms with Gasteiger partial charge in [0, 0.05) is 6.42 Å². The maximum Gasteiger partial charge on any atom is 0.220 e. The molecule has 1 rings (SSSR count). The molecule has 0 spiro atoms. The van der Waals surface area contributed by atoms with Gasteiger partial charge in [-0.05, 0) is 44.9 Å². The summed E-state index contributed by atoms with van der Waals surface area (Å²) in [6.45, 7) is 3.53. The van der Waals surface area contributed by atoms with Crippen molar-refractivity contribution >= 4 is 5.91 Å². The summed E-state index contributed by atoms with van der Waals surface area (Å²) in [6, 6.07) is -0.818. The summed E-state index contributed by atoms with van der Waals surface area (Å²) in [5.41, 5.74) is 0. The van der Waals surface area contributed by atoms with Gasteiger partial charge in [-0.3, -0.25) is 4.79 Å². The molecule has 0 aromatic rings. The lowest BCUT2D eigenvalue weighted by atomic mass is 9.99. The van der Waals surface area contributed by atoms with Crippen LogP contribution in [0.3, 0.4) is 0 Å². The van der Waals surface area contributed by atoms with Gasteiger partial charge in [0.15, 0.2) is 6.29 Å². The predicted octanol–water partition coefficient (Wildman–Crippen LogP) is 3.43. The summed E-state index contributed by atoms with van der Waals surface area (Å²) in [5, 5.41) is 53.2. The second-order valence-corrected chi connectivity index (χ2v) is 10.5. The molecule has 7 atom stereocenters. The van der Waals surface area contributed by atoms with Crippen molar-refractivity contribution in [1.82, 2.24) is 5.32 Å². The number of rotatable bonds is 22. The largest absolute Gasteiger partial charge is 0.394 e. The Bertz CT molecular complexity index is 726. The van der Waals surface area contributed by atoms with Gasteiger partial charge in [0.2, 0.25) is 5.91 Å². The van der Waals surface area contributed by atoms with E-state index in [1.807, 2.05) is 6.08 Å². The highest BCUT2D eigenvalue weighted by Crippen LogP contribution is 2.22. The molecule has 0 bridgehead atoms. The fourth-order valence-corrected chi connectivity index (χ4v) is 4.36. The third kappa shape index (κ3) is 15.4. The Morgan fingerprint density at radius 1 is 0.825 bits per heavy atom. The normalized spacial score (nSPS) is 25.2. The van der Waals surface area contributed by atoms with Gasteiger partial charge in [0.1, 0.15) is 24.4 Å². The minimum atomic E-state index is -1.57. The predicted molar refractivity (Wildman–Crippen MR) is 156 cm³/mol. The lowest BCUT2D eigenvalue weighted by molar-refractivity contribution is -0.302. The number of allylic oxidation sites excluding steroid dienone is 5. The molecule has 0 aromatic carbocycles. The van der Waals surface area contributed by atoms with E-state index in [9.17, 15) is 30.3 Å². The smallest absolute Gasteiger partial charge is 0.220 e. The monoisotopic (exact) mass is 569 g/mol. The fraction of sp³-hybridized carbons (Fsp3) is 0.774.